The standard InChI is InChI=1S/C15H19N3O2/c1-9-5-6-13(16-4)12(7-9)14(19)18-11(3)15-17-8-10(2)20-15/h5-8,11,16H,1-4H3,(H,18,19). The van der Waals surface area contributed by atoms with E-state index in [-0.39, 0.29) is 11.9 Å². The van der Waals surface area contributed by atoms with Crippen LogP contribution in [0, 0.1) is 13.8 Å². The molecule has 0 radical (unpaired) electrons. The van der Waals surface area contributed by atoms with E-state index in [2.05, 4.69) is 15.6 Å². The molecule has 1 aromatic carbocycles. The molecule has 0 aliphatic carbocycles. The summed E-state index contributed by atoms with van der Waals surface area (Å²) >= 11 is 0. The highest BCUT2D eigenvalue weighted by atomic mass is 16.4. The Morgan fingerprint density at radius 3 is 2.70 bits per heavy atom. The summed E-state index contributed by atoms with van der Waals surface area (Å²) < 4.78 is 5.42. The summed E-state index contributed by atoms with van der Waals surface area (Å²) in [6.07, 6.45) is 1.64. The number of rotatable bonds is 4. The summed E-state index contributed by atoms with van der Waals surface area (Å²) in [6, 6.07) is 5.43. The molecule has 1 heterocycles. The molecule has 0 bridgehead atoms. The first-order valence-electron chi connectivity index (χ1n) is 6.53. The van der Waals surface area contributed by atoms with Crippen molar-refractivity contribution in [2.24, 2.45) is 0 Å². The minimum atomic E-state index is -0.276. The van der Waals surface area contributed by atoms with Crippen LogP contribution >= 0.6 is 0 Å². The van der Waals surface area contributed by atoms with E-state index in [0.29, 0.717) is 11.5 Å². The third kappa shape index (κ3) is 2.99. The van der Waals surface area contributed by atoms with Gasteiger partial charge in [0.05, 0.1) is 11.8 Å². The number of anilines is 1. The van der Waals surface area contributed by atoms with Gasteiger partial charge in [0.2, 0.25) is 5.89 Å². The monoisotopic (exact) mass is 273 g/mol. The minimum Gasteiger partial charge on any atom is -0.444 e. The molecule has 2 aromatic rings. The van der Waals surface area contributed by atoms with Gasteiger partial charge in [-0.05, 0) is 32.9 Å². The van der Waals surface area contributed by atoms with Gasteiger partial charge in [-0.15, -0.1) is 0 Å². The van der Waals surface area contributed by atoms with Crippen LogP contribution in [0.25, 0.3) is 0 Å². The molecule has 20 heavy (non-hydrogen) atoms. The molecule has 1 aromatic heterocycles. The average Bonchev–Trinajstić information content (AvgIpc) is 2.85. The summed E-state index contributed by atoms with van der Waals surface area (Å²) in [5, 5.41) is 5.91. The van der Waals surface area contributed by atoms with Crippen LogP contribution in [-0.4, -0.2) is 17.9 Å². The smallest absolute Gasteiger partial charge is 0.254 e. The first-order chi connectivity index (χ1) is 9.51. The first-order valence-corrected chi connectivity index (χ1v) is 6.53. The maximum absolute atomic E-state index is 12.3. The molecule has 5 nitrogen and oxygen atoms in total. The molecule has 0 saturated heterocycles. The number of aryl methyl sites for hydroxylation is 2. The largest absolute Gasteiger partial charge is 0.444 e. The number of aromatic nitrogens is 1. The van der Waals surface area contributed by atoms with Crippen molar-refractivity contribution >= 4 is 11.6 Å². The minimum absolute atomic E-state index is 0.151. The Balaban J connectivity index is 2.18. The van der Waals surface area contributed by atoms with E-state index in [1.807, 2.05) is 39.0 Å². The van der Waals surface area contributed by atoms with Crippen molar-refractivity contribution in [3.8, 4) is 0 Å². The summed E-state index contributed by atoms with van der Waals surface area (Å²) in [5.41, 5.74) is 2.44. The Kier molecular flexibility index (Phi) is 4.08. The SMILES string of the molecule is CNc1ccc(C)cc1C(=O)NC(C)c1ncc(C)o1. The number of nitrogens with zero attached hydrogens (tertiary/aromatic N) is 1. The normalized spacial score (nSPS) is 12.0. The van der Waals surface area contributed by atoms with Gasteiger partial charge in [-0.1, -0.05) is 11.6 Å². The van der Waals surface area contributed by atoms with Crippen molar-refractivity contribution in [3.05, 3.63) is 47.2 Å². The third-order valence-electron chi connectivity index (χ3n) is 3.05. The Morgan fingerprint density at radius 1 is 1.35 bits per heavy atom. The Bertz CT molecular complexity index is 619. The molecule has 1 atom stereocenters. The number of nitrogens with one attached hydrogen (secondary N) is 2. The number of carbonyl (C=O) groups is 1. The van der Waals surface area contributed by atoms with Crippen molar-refractivity contribution in [2.75, 3.05) is 12.4 Å². The quantitative estimate of drug-likeness (QED) is 0.899. The number of hydrogen-bond donors (Lipinski definition) is 2. The fraction of sp³-hybridized carbons (Fsp3) is 0.333. The zero-order valence-corrected chi connectivity index (χ0v) is 12.2. The number of carbonyl (C=O) groups excluding carboxylic acids is 1. The molecule has 1 amide bonds. The van der Waals surface area contributed by atoms with E-state index >= 15 is 0 Å². The summed E-state index contributed by atoms with van der Waals surface area (Å²) in [6.45, 7) is 5.62. The van der Waals surface area contributed by atoms with Crippen LogP contribution in [-0.2, 0) is 0 Å². The fourth-order valence-corrected chi connectivity index (χ4v) is 1.97. The second-order valence-electron chi connectivity index (χ2n) is 4.80. The second-order valence-corrected chi connectivity index (χ2v) is 4.80. The lowest BCUT2D eigenvalue weighted by molar-refractivity contribution is 0.0934. The van der Waals surface area contributed by atoms with Crippen LogP contribution < -0.4 is 10.6 Å². The molecule has 0 aliphatic rings. The van der Waals surface area contributed by atoms with Crippen molar-refractivity contribution in [3.63, 3.8) is 0 Å². The van der Waals surface area contributed by atoms with E-state index in [4.69, 9.17) is 4.42 Å². The highest BCUT2D eigenvalue weighted by Crippen LogP contribution is 2.19. The molecule has 0 aliphatic heterocycles. The van der Waals surface area contributed by atoms with Crippen LogP contribution in [0.5, 0.6) is 0 Å². The predicted octanol–water partition coefficient (Wildman–Crippen LogP) is 2.82. The van der Waals surface area contributed by atoms with Crippen LogP contribution in [0.1, 0.15) is 40.5 Å². The lowest BCUT2D eigenvalue weighted by atomic mass is 10.1. The van der Waals surface area contributed by atoms with E-state index in [1.54, 1.807) is 13.2 Å². The van der Waals surface area contributed by atoms with Crippen LogP contribution in [0.15, 0.2) is 28.8 Å². The average molecular weight is 273 g/mol. The van der Waals surface area contributed by atoms with Gasteiger partial charge >= 0.3 is 0 Å². The van der Waals surface area contributed by atoms with Crippen molar-refractivity contribution in [1.29, 1.82) is 0 Å². The van der Waals surface area contributed by atoms with E-state index in [1.165, 1.54) is 0 Å². The molecule has 0 fully saturated rings. The van der Waals surface area contributed by atoms with Crippen LogP contribution in [0.3, 0.4) is 0 Å². The summed E-state index contributed by atoms with van der Waals surface area (Å²) in [4.78, 5) is 16.5. The highest BCUT2D eigenvalue weighted by Gasteiger charge is 2.17. The second kappa shape index (κ2) is 5.77. The van der Waals surface area contributed by atoms with Gasteiger partial charge in [-0.3, -0.25) is 4.79 Å². The number of oxazole rings is 1. The summed E-state index contributed by atoms with van der Waals surface area (Å²) in [5.74, 6) is 1.09. The van der Waals surface area contributed by atoms with Crippen molar-refractivity contribution in [2.45, 2.75) is 26.8 Å². The molecule has 0 spiro atoms. The van der Waals surface area contributed by atoms with E-state index in [9.17, 15) is 4.79 Å². The molecule has 1 unspecified atom stereocenters. The van der Waals surface area contributed by atoms with Crippen molar-refractivity contribution < 1.29 is 9.21 Å². The maximum atomic E-state index is 12.3. The predicted molar refractivity (Wildman–Crippen MR) is 77.8 cm³/mol. The molecule has 2 rings (SSSR count). The Labute approximate surface area is 118 Å². The highest BCUT2D eigenvalue weighted by molar-refractivity contribution is 5.99. The Hall–Kier alpha value is -2.30. The topological polar surface area (TPSA) is 67.2 Å². The lowest BCUT2D eigenvalue weighted by Gasteiger charge is -2.13. The summed E-state index contributed by atoms with van der Waals surface area (Å²) in [7, 11) is 1.79. The molecule has 106 valence electrons. The van der Waals surface area contributed by atoms with Gasteiger partial charge in [0, 0.05) is 12.7 Å². The lowest BCUT2D eigenvalue weighted by Crippen LogP contribution is -2.27. The zero-order chi connectivity index (χ0) is 14.7. The fourth-order valence-electron chi connectivity index (χ4n) is 1.97. The van der Waals surface area contributed by atoms with E-state index in [0.717, 1.165) is 17.0 Å². The van der Waals surface area contributed by atoms with Gasteiger partial charge in [-0.25, -0.2) is 4.98 Å². The molecule has 5 heteroatoms. The van der Waals surface area contributed by atoms with Crippen LogP contribution in [0.2, 0.25) is 0 Å². The molecular formula is C15H19N3O2. The Morgan fingerprint density at radius 2 is 2.10 bits per heavy atom. The first kappa shape index (κ1) is 14.1. The zero-order valence-electron chi connectivity index (χ0n) is 12.2. The van der Waals surface area contributed by atoms with Gasteiger partial charge in [-0.2, -0.15) is 0 Å². The van der Waals surface area contributed by atoms with Gasteiger partial charge in [0.15, 0.2) is 0 Å². The van der Waals surface area contributed by atoms with Crippen molar-refractivity contribution in [1.82, 2.24) is 10.3 Å². The number of amides is 1. The maximum Gasteiger partial charge on any atom is 0.254 e. The number of benzene rings is 1. The van der Waals surface area contributed by atoms with Gasteiger partial charge < -0.3 is 15.1 Å². The molecule has 2 N–H and O–H groups in total. The van der Waals surface area contributed by atoms with Gasteiger partial charge in [0.1, 0.15) is 11.8 Å². The molecular weight excluding hydrogens is 254 g/mol. The number of hydrogen-bond acceptors (Lipinski definition) is 4. The molecule has 0 saturated carbocycles. The van der Waals surface area contributed by atoms with Crippen LogP contribution in [0.4, 0.5) is 5.69 Å². The van der Waals surface area contributed by atoms with Gasteiger partial charge in [0.25, 0.3) is 5.91 Å². The van der Waals surface area contributed by atoms with E-state index < -0.39 is 0 Å². The third-order valence-corrected chi connectivity index (χ3v) is 3.05.